The highest BCUT2D eigenvalue weighted by atomic mass is 16.6. The van der Waals surface area contributed by atoms with E-state index in [-0.39, 0.29) is 13.0 Å². The zero-order valence-electron chi connectivity index (χ0n) is 18.8. The minimum absolute atomic E-state index is 0.206. The first kappa shape index (κ1) is 25.9. The second-order valence-electron chi connectivity index (χ2n) is 8.70. The lowest BCUT2D eigenvalue weighted by molar-refractivity contribution is -0.204. The summed E-state index contributed by atoms with van der Waals surface area (Å²) in [5.41, 5.74) is 0. The summed E-state index contributed by atoms with van der Waals surface area (Å²) in [5.74, 6) is -0.932. The number of hydrogen-bond donors (Lipinski definition) is 2. The Morgan fingerprint density at radius 1 is 1.00 bits per heavy atom. The van der Waals surface area contributed by atoms with Crippen LogP contribution in [-0.2, 0) is 9.53 Å². The van der Waals surface area contributed by atoms with Crippen molar-refractivity contribution in [1.82, 2.24) is 0 Å². The summed E-state index contributed by atoms with van der Waals surface area (Å²) < 4.78 is 4.67. The Kier molecular flexibility index (Phi) is 14.0. The van der Waals surface area contributed by atoms with Gasteiger partial charge in [-0.05, 0) is 56.8 Å². The predicted octanol–water partition coefficient (Wildman–Crippen LogP) is 6.07. The SMILES string of the molecule is CCCCCCCCC=C[C@H]1CCC[C@@H]1CC=CCCCC(O)(O)COC(C)=O. The highest BCUT2D eigenvalue weighted by Crippen LogP contribution is 2.35. The zero-order chi connectivity index (χ0) is 21.4. The van der Waals surface area contributed by atoms with Gasteiger partial charge >= 0.3 is 5.97 Å². The minimum atomic E-state index is -1.92. The van der Waals surface area contributed by atoms with Crippen molar-refractivity contribution in [3.8, 4) is 0 Å². The van der Waals surface area contributed by atoms with Gasteiger partial charge in [0.05, 0.1) is 0 Å². The number of unbranched alkanes of at least 4 members (excludes halogenated alkanes) is 7. The first-order valence-electron chi connectivity index (χ1n) is 11.8. The van der Waals surface area contributed by atoms with Crippen molar-refractivity contribution in [1.29, 1.82) is 0 Å². The predicted molar refractivity (Wildman–Crippen MR) is 119 cm³/mol. The number of carbonyl (C=O) groups is 1. The molecule has 4 heteroatoms. The second-order valence-corrected chi connectivity index (χ2v) is 8.70. The molecule has 0 radical (unpaired) electrons. The van der Waals surface area contributed by atoms with Gasteiger partial charge in [0.1, 0.15) is 6.61 Å². The molecular weight excluding hydrogens is 364 g/mol. The van der Waals surface area contributed by atoms with Crippen molar-refractivity contribution < 1.29 is 19.7 Å². The summed E-state index contributed by atoms with van der Waals surface area (Å²) in [4.78, 5) is 10.7. The maximum absolute atomic E-state index is 10.7. The second kappa shape index (κ2) is 15.7. The highest BCUT2D eigenvalue weighted by Gasteiger charge is 2.24. The molecule has 1 saturated carbocycles. The first-order valence-corrected chi connectivity index (χ1v) is 11.8. The third-order valence-corrected chi connectivity index (χ3v) is 5.89. The van der Waals surface area contributed by atoms with Crippen molar-refractivity contribution in [2.75, 3.05) is 6.61 Å². The molecular formula is C25H44O4. The van der Waals surface area contributed by atoms with E-state index in [1.165, 1.54) is 71.1 Å². The summed E-state index contributed by atoms with van der Waals surface area (Å²) in [6.45, 7) is 3.17. The molecule has 2 atom stereocenters. The van der Waals surface area contributed by atoms with Gasteiger partial charge in [-0.1, -0.05) is 69.8 Å². The standard InChI is InChI=1S/C25H44O4/c1-3-4-5-6-7-8-9-12-16-23-18-15-19-24(23)17-13-10-11-14-20-25(27,28)21-29-22(2)26/h10,12-13,16,23-24,27-28H,3-9,11,14-15,17-21H2,1-2H3/t23-,24-/m0/s1. The van der Waals surface area contributed by atoms with E-state index in [1.807, 2.05) is 0 Å². The minimum Gasteiger partial charge on any atom is -0.460 e. The molecule has 0 aliphatic heterocycles. The van der Waals surface area contributed by atoms with E-state index >= 15 is 0 Å². The average molecular weight is 409 g/mol. The summed E-state index contributed by atoms with van der Waals surface area (Å²) >= 11 is 0. The van der Waals surface area contributed by atoms with Crippen LogP contribution in [0.2, 0.25) is 0 Å². The molecule has 0 unspecified atom stereocenters. The third-order valence-electron chi connectivity index (χ3n) is 5.89. The Morgan fingerprint density at radius 3 is 2.48 bits per heavy atom. The van der Waals surface area contributed by atoms with Crippen molar-refractivity contribution in [2.45, 2.75) is 110 Å². The molecule has 0 amide bonds. The van der Waals surface area contributed by atoms with Gasteiger partial charge < -0.3 is 14.9 Å². The lowest BCUT2D eigenvalue weighted by atomic mass is 9.92. The number of hydrogen-bond acceptors (Lipinski definition) is 4. The fourth-order valence-corrected chi connectivity index (χ4v) is 4.11. The molecule has 1 fully saturated rings. The summed E-state index contributed by atoms with van der Waals surface area (Å²) in [7, 11) is 0. The molecule has 1 aliphatic rings. The zero-order valence-corrected chi connectivity index (χ0v) is 18.8. The van der Waals surface area contributed by atoms with E-state index in [9.17, 15) is 15.0 Å². The molecule has 0 spiro atoms. The van der Waals surface area contributed by atoms with E-state index in [4.69, 9.17) is 0 Å². The number of esters is 1. The number of carbonyl (C=O) groups excluding carboxylic acids is 1. The van der Waals surface area contributed by atoms with Gasteiger partial charge in [-0.2, -0.15) is 0 Å². The summed E-state index contributed by atoms with van der Waals surface area (Å²) in [6.07, 6.45) is 25.4. The Labute approximate surface area is 178 Å². The molecule has 1 aliphatic carbocycles. The molecule has 0 saturated heterocycles. The topological polar surface area (TPSA) is 66.8 Å². The molecule has 168 valence electrons. The quantitative estimate of drug-likeness (QED) is 0.141. The van der Waals surface area contributed by atoms with Gasteiger partial charge in [0, 0.05) is 13.3 Å². The Hall–Kier alpha value is -1.13. The van der Waals surface area contributed by atoms with Crippen LogP contribution in [-0.4, -0.2) is 28.6 Å². The van der Waals surface area contributed by atoms with E-state index in [0.717, 1.165) is 24.7 Å². The van der Waals surface area contributed by atoms with Crippen LogP contribution in [0.1, 0.15) is 104 Å². The molecule has 0 heterocycles. The number of allylic oxidation sites excluding steroid dienone is 4. The van der Waals surface area contributed by atoms with E-state index in [1.54, 1.807) is 0 Å². The third kappa shape index (κ3) is 13.7. The lowest BCUT2D eigenvalue weighted by Gasteiger charge is -2.20. The smallest absolute Gasteiger partial charge is 0.302 e. The van der Waals surface area contributed by atoms with Gasteiger partial charge in [-0.3, -0.25) is 4.79 Å². The van der Waals surface area contributed by atoms with Crippen LogP contribution >= 0.6 is 0 Å². The van der Waals surface area contributed by atoms with Crippen LogP contribution in [0.5, 0.6) is 0 Å². The first-order chi connectivity index (χ1) is 13.9. The average Bonchev–Trinajstić information content (AvgIpc) is 3.12. The molecule has 1 rings (SSSR count). The van der Waals surface area contributed by atoms with Gasteiger partial charge in [-0.15, -0.1) is 0 Å². The molecule has 0 aromatic heterocycles. The van der Waals surface area contributed by atoms with Crippen LogP contribution < -0.4 is 0 Å². The van der Waals surface area contributed by atoms with Crippen molar-refractivity contribution in [2.24, 2.45) is 11.8 Å². The van der Waals surface area contributed by atoms with E-state index < -0.39 is 11.8 Å². The van der Waals surface area contributed by atoms with Crippen molar-refractivity contribution in [3.05, 3.63) is 24.3 Å². The fraction of sp³-hybridized carbons (Fsp3) is 0.800. The van der Waals surface area contributed by atoms with Gasteiger partial charge in [0.25, 0.3) is 0 Å². The maximum Gasteiger partial charge on any atom is 0.302 e. The summed E-state index contributed by atoms with van der Waals surface area (Å²) in [5, 5.41) is 19.5. The van der Waals surface area contributed by atoms with Crippen LogP contribution in [0, 0.1) is 11.8 Å². The van der Waals surface area contributed by atoms with E-state index in [2.05, 4.69) is 36.0 Å². The largest absolute Gasteiger partial charge is 0.460 e. The molecule has 0 aromatic carbocycles. The molecule has 4 nitrogen and oxygen atoms in total. The highest BCUT2D eigenvalue weighted by molar-refractivity contribution is 5.65. The van der Waals surface area contributed by atoms with Gasteiger partial charge in [0.2, 0.25) is 0 Å². The Morgan fingerprint density at radius 2 is 1.72 bits per heavy atom. The van der Waals surface area contributed by atoms with Gasteiger partial charge in [0.15, 0.2) is 5.79 Å². The normalized spacial score (nSPS) is 20.1. The Balaban J connectivity index is 2.14. The summed E-state index contributed by atoms with van der Waals surface area (Å²) in [6, 6.07) is 0. The molecule has 29 heavy (non-hydrogen) atoms. The number of aliphatic hydroxyl groups is 2. The fourth-order valence-electron chi connectivity index (χ4n) is 4.11. The van der Waals surface area contributed by atoms with Gasteiger partial charge in [-0.25, -0.2) is 0 Å². The van der Waals surface area contributed by atoms with Crippen molar-refractivity contribution in [3.63, 3.8) is 0 Å². The molecule has 0 aromatic rings. The number of ether oxygens (including phenoxy) is 1. The lowest BCUT2D eigenvalue weighted by Crippen LogP contribution is -2.34. The molecule has 2 N–H and O–H groups in total. The molecule has 0 bridgehead atoms. The number of rotatable bonds is 16. The van der Waals surface area contributed by atoms with E-state index in [0.29, 0.717) is 6.42 Å². The van der Waals surface area contributed by atoms with Crippen LogP contribution in [0.3, 0.4) is 0 Å². The van der Waals surface area contributed by atoms with Crippen LogP contribution in [0.25, 0.3) is 0 Å². The maximum atomic E-state index is 10.7. The van der Waals surface area contributed by atoms with Crippen molar-refractivity contribution >= 4 is 5.97 Å². The van der Waals surface area contributed by atoms with Crippen LogP contribution in [0.4, 0.5) is 0 Å². The Bertz CT molecular complexity index is 481. The van der Waals surface area contributed by atoms with Crippen LogP contribution in [0.15, 0.2) is 24.3 Å². The monoisotopic (exact) mass is 408 g/mol.